The summed E-state index contributed by atoms with van der Waals surface area (Å²) in [5.41, 5.74) is 12.6. The molecule has 1 aromatic heterocycles. The maximum absolute atomic E-state index is 5.67. The van der Waals surface area contributed by atoms with Crippen LogP contribution in [0.15, 0.2) is 24.3 Å². The Balaban J connectivity index is 2.51. The van der Waals surface area contributed by atoms with Gasteiger partial charge in [-0.15, -0.1) is 0 Å². The lowest BCUT2D eigenvalue weighted by molar-refractivity contribution is 0.379. The molecule has 82 valence electrons. The van der Waals surface area contributed by atoms with Crippen LogP contribution < -0.4 is 16.2 Å². The Labute approximate surface area is 92.3 Å². The number of nitrogens with two attached hydrogens (primary N) is 2. The Hall–Kier alpha value is -2.37. The van der Waals surface area contributed by atoms with E-state index in [1.54, 1.807) is 12.1 Å². The summed E-state index contributed by atoms with van der Waals surface area (Å²) in [6.45, 7) is 0. The van der Waals surface area contributed by atoms with Crippen molar-refractivity contribution in [2.45, 2.75) is 0 Å². The van der Waals surface area contributed by atoms with Gasteiger partial charge in [0.15, 0.2) is 5.82 Å². The average molecular weight is 217 g/mol. The molecule has 0 saturated heterocycles. The number of aromatic nitrogens is 3. The van der Waals surface area contributed by atoms with Gasteiger partial charge in [0, 0.05) is 11.3 Å². The number of benzene rings is 1. The van der Waals surface area contributed by atoms with E-state index in [0.29, 0.717) is 11.5 Å². The third-order valence-corrected chi connectivity index (χ3v) is 1.96. The zero-order chi connectivity index (χ0) is 11.5. The van der Waals surface area contributed by atoms with E-state index in [1.807, 2.05) is 12.1 Å². The second-order valence-electron chi connectivity index (χ2n) is 3.13. The molecule has 0 unspecified atom stereocenters. The van der Waals surface area contributed by atoms with Gasteiger partial charge in [0.1, 0.15) is 0 Å². The first-order valence-electron chi connectivity index (χ1n) is 4.60. The van der Waals surface area contributed by atoms with Gasteiger partial charge in [-0.2, -0.15) is 15.0 Å². The van der Waals surface area contributed by atoms with Crippen LogP contribution in [0.3, 0.4) is 0 Å². The fourth-order valence-electron chi connectivity index (χ4n) is 1.27. The van der Waals surface area contributed by atoms with Gasteiger partial charge in [-0.25, -0.2) is 0 Å². The minimum Gasteiger partial charge on any atom is -0.467 e. The fraction of sp³-hybridized carbons (Fsp3) is 0.100. The number of nitrogen functional groups attached to an aromatic ring is 2. The number of anilines is 2. The molecular weight excluding hydrogens is 206 g/mol. The SMILES string of the molecule is COc1nc(N)nc(-c2cccc(N)c2)n1. The van der Waals surface area contributed by atoms with Crippen LogP contribution in [0.5, 0.6) is 6.01 Å². The number of nitrogens with zero attached hydrogens (tertiary/aromatic N) is 3. The van der Waals surface area contributed by atoms with E-state index in [-0.39, 0.29) is 12.0 Å². The predicted molar refractivity (Wildman–Crippen MR) is 60.6 cm³/mol. The lowest BCUT2D eigenvalue weighted by Gasteiger charge is -2.04. The molecule has 0 saturated carbocycles. The van der Waals surface area contributed by atoms with Crippen molar-refractivity contribution < 1.29 is 4.74 Å². The molecule has 1 aromatic carbocycles. The summed E-state index contributed by atoms with van der Waals surface area (Å²) in [7, 11) is 1.47. The molecule has 4 N–H and O–H groups in total. The molecule has 0 atom stereocenters. The molecule has 6 heteroatoms. The van der Waals surface area contributed by atoms with Gasteiger partial charge in [-0.3, -0.25) is 0 Å². The Bertz CT molecular complexity index is 514. The summed E-state index contributed by atoms with van der Waals surface area (Å²) in [5, 5.41) is 0. The molecule has 0 aliphatic rings. The van der Waals surface area contributed by atoms with Gasteiger partial charge in [0.2, 0.25) is 5.95 Å². The van der Waals surface area contributed by atoms with Crippen molar-refractivity contribution in [3.63, 3.8) is 0 Å². The van der Waals surface area contributed by atoms with Crippen LogP contribution in [0, 0.1) is 0 Å². The lowest BCUT2D eigenvalue weighted by Crippen LogP contribution is -2.02. The third-order valence-electron chi connectivity index (χ3n) is 1.96. The van der Waals surface area contributed by atoms with E-state index in [1.165, 1.54) is 7.11 Å². The topological polar surface area (TPSA) is 99.9 Å². The van der Waals surface area contributed by atoms with Crippen LogP contribution in [-0.2, 0) is 0 Å². The highest BCUT2D eigenvalue weighted by Gasteiger charge is 2.06. The van der Waals surface area contributed by atoms with Gasteiger partial charge in [-0.1, -0.05) is 12.1 Å². The largest absolute Gasteiger partial charge is 0.467 e. The minimum absolute atomic E-state index is 0.115. The molecule has 2 aromatic rings. The van der Waals surface area contributed by atoms with Crippen LogP contribution in [0.4, 0.5) is 11.6 Å². The van der Waals surface area contributed by atoms with Crippen molar-refractivity contribution in [1.29, 1.82) is 0 Å². The van der Waals surface area contributed by atoms with Crippen molar-refractivity contribution in [3.8, 4) is 17.4 Å². The van der Waals surface area contributed by atoms with Crippen LogP contribution in [0.25, 0.3) is 11.4 Å². The van der Waals surface area contributed by atoms with Crippen molar-refractivity contribution >= 4 is 11.6 Å². The molecule has 16 heavy (non-hydrogen) atoms. The molecule has 0 bridgehead atoms. The number of ether oxygens (including phenoxy) is 1. The van der Waals surface area contributed by atoms with Crippen molar-refractivity contribution in [2.24, 2.45) is 0 Å². The van der Waals surface area contributed by atoms with Gasteiger partial charge in [-0.05, 0) is 12.1 Å². The van der Waals surface area contributed by atoms with Crippen LogP contribution in [0.2, 0.25) is 0 Å². The molecule has 2 rings (SSSR count). The average Bonchev–Trinajstić information content (AvgIpc) is 2.28. The molecule has 0 spiro atoms. The van der Waals surface area contributed by atoms with Crippen molar-refractivity contribution in [1.82, 2.24) is 15.0 Å². The summed E-state index contributed by atoms with van der Waals surface area (Å²) >= 11 is 0. The van der Waals surface area contributed by atoms with Gasteiger partial charge >= 0.3 is 6.01 Å². The van der Waals surface area contributed by atoms with Gasteiger partial charge in [0.25, 0.3) is 0 Å². The van der Waals surface area contributed by atoms with E-state index in [9.17, 15) is 0 Å². The second kappa shape index (κ2) is 4.01. The monoisotopic (exact) mass is 217 g/mol. The van der Waals surface area contributed by atoms with Crippen LogP contribution in [-0.4, -0.2) is 22.1 Å². The number of hydrogen-bond acceptors (Lipinski definition) is 6. The molecule has 1 heterocycles. The van der Waals surface area contributed by atoms with Gasteiger partial charge < -0.3 is 16.2 Å². The normalized spacial score (nSPS) is 10.1. The summed E-state index contributed by atoms with van der Waals surface area (Å²) in [6, 6.07) is 7.38. The van der Waals surface area contributed by atoms with E-state index < -0.39 is 0 Å². The smallest absolute Gasteiger partial charge is 0.321 e. The molecule has 0 aliphatic heterocycles. The summed E-state index contributed by atoms with van der Waals surface area (Å²) in [4.78, 5) is 11.9. The van der Waals surface area contributed by atoms with E-state index in [2.05, 4.69) is 15.0 Å². The minimum atomic E-state index is 0.115. The predicted octanol–water partition coefficient (Wildman–Crippen LogP) is 0.712. The Kier molecular flexibility index (Phi) is 2.55. The number of rotatable bonds is 2. The summed E-state index contributed by atoms with van der Waals surface area (Å²) < 4.78 is 4.91. The Morgan fingerprint density at radius 1 is 1.12 bits per heavy atom. The highest BCUT2D eigenvalue weighted by Crippen LogP contribution is 2.19. The molecular formula is C10H11N5O. The first-order valence-corrected chi connectivity index (χ1v) is 4.60. The quantitative estimate of drug-likeness (QED) is 0.718. The lowest BCUT2D eigenvalue weighted by atomic mass is 10.2. The first kappa shape index (κ1) is 10.2. The zero-order valence-corrected chi connectivity index (χ0v) is 8.71. The molecule has 0 amide bonds. The standard InChI is InChI=1S/C10H11N5O/c1-16-10-14-8(13-9(12)15-10)6-3-2-4-7(11)5-6/h2-5H,11H2,1H3,(H2,12,13,14,15). The molecule has 0 fully saturated rings. The summed E-state index contributed by atoms with van der Waals surface area (Å²) in [6.07, 6.45) is 0. The summed E-state index contributed by atoms with van der Waals surface area (Å²) in [5.74, 6) is 0.556. The van der Waals surface area contributed by atoms with E-state index >= 15 is 0 Å². The molecule has 6 nitrogen and oxygen atoms in total. The van der Waals surface area contributed by atoms with Gasteiger partial charge in [0.05, 0.1) is 7.11 Å². The maximum Gasteiger partial charge on any atom is 0.321 e. The number of hydrogen-bond donors (Lipinski definition) is 2. The van der Waals surface area contributed by atoms with E-state index in [4.69, 9.17) is 16.2 Å². The second-order valence-corrected chi connectivity index (χ2v) is 3.13. The fourth-order valence-corrected chi connectivity index (χ4v) is 1.27. The maximum atomic E-state index is 5.67. The highest BCUT2D eigenvalue weighted by atomic mass is 16.5. The zero-order valence-electron chi connectivity index (χ0n) is 8.71. The van der Waals surface area contributed by atoms with Crippen molar-refractivity contribution in [2.75, 3.05) is 18.6 Å². The van der Waals surface area contributed by atoms with Crippen LogP contribution in [0.1, 0.15) is 0 Å². The molecule has 0 radical (unpaired) electrons. The first-order chi connectivity index (χ1) is 7.69. The third kappa shape index (κ3) is 2.00. The Morgan fingerprint density at radius 3 is 2.62 bits per heavy atom. The molecule has 0 aliphatic carbocycles. The Morgan fingerprint density at radius 2 is 1.94 bits per heavy atom. The van der Waals surface area contributed by atoms with Crippen LogP contribution >= 0.6 is 0 Å². The van der Waals surface area contributed by atoms with E-state index in [0.717, 1.165) is 5.56 Å². The number of methoxy groups -OCH3 is 1. The van der Waals surface area contributed by atoms with Crippen molar-refractivity contribution in [3.05, 3.63) is 24.3 Å². The highest BCUT2D eigenvalue weighted by molar-refractivity contribution is 5.61.